The molecule has 0 aliphatic carbocycles. The zero-order valence-corrected chi connectivity index (χ0v) is 18.6. The van der Waals surface area contributed by atoms with E-state index in [0.717, 1.165) is 6.08 Å². The fourth-order valence-corrected chi connectivity index (χ4v) is 2.69. The number of aliphatic imine (C=N–C) groups is 1. The van der Waals surface area contributed by atoms with E-state index in [1.807, 2.05) is 0 Å². The van der Waals surface area contributed by atoms with Gasteiger partial charge in [-0.05, 0) is 49.4 Å². The van der Waals surface area contributed by atoms with Crippen LogP contribution in [0.4, 0.5) is 23.7 Å². The number of ether oxygens (including phenoxy) is 1. The Hall–Kier alpha value is -3.53. The van der Waals surface area contributed by atoms with Gasteiger partial charge < -0.3 is 20.7 Å². The minimum atomic E-state index is -4.64. The monoisotopic (exact) mass is 482 g/mol. The van der Waals surface area contributed by atoms with Crippen molar-refractivity contribution in [3.63, 3.8) is 0 Å². The number of hydrogen-bond acceptors (Lipinski definition) is 4. The zero-order chi connectivity index (χ0) is 24.6. The molecule has 1 aliphatic rings. The number of anilines is 1. The SMILES string of the molecule is C=C(C(Cl)=CC=C(C)NC(=O)Nc1ccc(OC2=CC=NC(C(=O)NC)C2)cc1)C(F)(F)F. The lowest BCUT2D eigenvalue weighted by Gasteiger charge is -2.17. The zero-order valence-electron chi connectivity index (χ0n) is 17.8. The molecule has 3 amide bonds. The maximum absolute atomic E-state index is 12.5. The molecular formula is C22H22ClF3N4O3. The highest BCUT2D eigenvalue weighted by Gasteiger charge is 2.33. The molecule has 0 bridgehead atoms. The van der Waals surface area contributed by atoms with Crippen LogP contribution in [0.3, 0.4) is 0 Å². The lowest BCUT2D eigenvalue weighted by atomic mass is 10.1. The third-order valence-corrected chi connectivity index (χ3v) is 4.61. The van der Waals surface area contributed by atoms with Crippen LogP contribution >= 0.6 is 11.6 Å². The van der Waals surface area contributed by atoms with E-state index >= 15 is 0 Å². The summed E-state index contributed by atoms with van der Waals surface area (Å²) in [7, 11) is 1.53. The summed E-state index contributed by atoms with van der Waals surface area (Å²) in [4.78, 5) is 27.9. The highest BCUT2D eigenvalue weighted by atomic mass is 35.5. The largest absolute Gasteiger partial charge is 0.462 e. The molecular weight excluding hydrogens is 461 g/mol. The van der Waals surface area contributed by atoms with Crippen molar-refractivity contribution in [2.24, 2.45) is 4.99 Å². The molecule has 33 heavy (non-hydrogen) atoms. The molecule has 0 aromatic heterocycles. The molecule has 7 nitrogen and oxygen atoms in total. The van der Waals surface area contributed by atoms with Crippen LogP contribution in [-0.4, -0.2) is 37.4 Å². The number of likely N-dealkylation sites (N-methyl/N-ethyl adjacent to an activating group) is 1. The molecule has 1 aromatic carbocycles. The van der Waals surface area contributed by atoms with E-state index in [4.69, 9.17) is 16.3 Å². The van der Waals surface area contributed by atoms with Gasteiger partial charge in [-0.2, -0.15) is 13.2 Å². The quantitative estimate of drug-likeness (QED) is 0.487. The van der Waals surface area contributed by atoms with Crippen molar-refractivity contribution in [1.82, 2.24) is 10.6 Å². The first-order valence-corrected chi connectivity index (χ1v) is 9.97. The molecule has 0 saturated carbocycles. The van der Waals surface area contributed by atoms with Crippen molar-refractivity contribution >= 4 is 35.4 Å². The number of nitrogens with zero attached hydrogens (tertiary/aromatic N) is 1. The van der Waals surface area contributed by atoms with Gasteiger partial charge in [0.05, 0.1) is 10.6 Å². The summed E-state index contributed by atoms with van der Waals surface area (Å²) in [5.74, 6) is 0.857. The Kier molecular flexibility index (Phi) is 8.86. The van der Waals surface area contributed by atoms with Gasteiger partial charge in [-0.3, -0.25) is 9.79 Å². The summed E-state index contributed by atoms with van der Waals surface area (Å²) in [6, 6.07) is 5.32. The predicted octanol–water partition coefficient (Wildman–Crippen LogP) is 4.80. The maximum Gasteiger partial charge on any atom is 0.417 e. The standard InChI is InChI=1S/C22H22ClF3N4O3/c1-13(4-9-18(23)14(2)22(24,25)26)29-21(32)30-15-5-7-16(8-6-15)33-17-10-11-28-19(12-17)20(31)27-3/h4-11,19H,2,12H2,1,3H3,(H,27,31)(H2,29,30,32). The van der Waals surface area contributed by atoms with Crippen molar-refractivity contribution in [2.45, 2.75) is 25.6 Å². The first kappa shape index (κ1) is 25.7. The molecule has 0 saturated heterocycles. The smallest absolute Gasteiger partial charge is 0.417 e. The number of halogens is 4. The molecule has 11 heteroatoms. The first-order chi connectivity index (χ1) is 15.5. The molecule has 1 heterocycles. The Bertz CT molecular complexity index is 1030. The van der Waals surface area contributed by atoms with Gasteiger partial charge in [0, 0.05) is 31.1 Å². The van der Waals surface area contributed by atoms with Gasteiger partial charge in [-0.25, -0.2) is 4.79 Å². The number of hydrogen-bond donors (Lipinski definition) is 3. The van der Waals surface area contributed by atoms with Crippen LogP contribution in [0.15, 0.2) is 76.1 Å². The average molecular weight is 483 g/mol. The molecule has 2 rings (SSSR count). The van der Waals surface area contributed by atoms with Crippen molar-refractivity contribution in [3.8, 4) is 5.75 Å². The minimum Gasteiger partial charge on any atom is -0.462 e. The molecule has 0 fully saturated rings. The number of allylic oxidation sites excluding steroid dienone is 6. The minimum absolute atomic E-state index is 0.210. The van der Waals surface area contributed by atoms with Crippen molar-refractivity contribution < 1.29 is 27.5 Å². The third-order valence-electron chi connectivity index (χ3n) is 4.25. The number of benzene rings is 1. The maximum atomic E-state index is 12.5. The summed E-state index contributed by atoms with van der Waals surface area (Å²) < 4.78 is 43.4. The number of nitrogens with one attached hydrogen (secondary N) is 3. The fraction of sp³-hybridized carbons (Fsp3) is 0.227. The van der Waals surface area contributed by atoms with E-state index in [2.05, 4.69) is 27.5 Å². The van der Waals surface area contributed by atoms with Crippen molar-refractivity contribution in [2.75, 3.05) is 12.4 Å². The lowest BCUT2D eigenvalue weighted by molar-refractivity contribution is -0.121. The van der Waals surface area contributed by atoms with Crippen molar-refractivity contribution in [3.05, 3.63) is 71.1 Å². The predicted molar refractivity (Wildman–Crippen MR) is 121 cm³/mol. The van der Waals surface area contributed by atoms with Gasteiger partial charge in [0.1, 0.15) is 17.6 Å². The van der Waals surface area contributed by atoms with Crippen LogP contribution in [0.5, 0.6) is 5.75 Å². The molecule has 1 unspecified atom stereocenters. The Labute approximate surface area is 193 Å². The second-order valence-corrected chi connectivity index (χ2v) is 7.22. The van der Waals surface area contributed by atoms with Gasteiger partial charge in [0.25, 0.3) is 0 Å². The number of carbonyl (C=O) groups excluding carboxylic acids is 2. The molecule has 1 aromatic rings. The van der Waals surface area contributed by atoms with Gasteiger partial charge >= 0.3 is 12.2 Å². The van der Waals surface area contributed by atoms with Gasteiger partial charge in [-0.1, -0.05) is 18.2 Å². The second kappa shape index (κ2) is 11.4. The second-order valence-electron chi connectivity index (χ2n) is 6.81. The van der Waals surface area contributed by atoms with Crippen molar-refractivity contribution in [1.29, 1.82) is 0 Å². The topological polar surface area (TPSA) is 91.8 Å². The first-order valence-electron chi connectivity index (χ1n) is 9.60. The van der Waals surface area contributed by atoms with E-state index in [9.17, 15) is 22.8 Å². The van der Waals surface area contributed by atoms with Gasteiger partial charge in [0.2, 0.25) is 5.91 Å². The number of amides is 3. The van der Waals surface area contributed by atoms with Crippen LogP contribution in [0.2, 0.25) is 0 Å². The Morgan fingerprint density at radius 2 is 1.91 bits per heavy atom. The normalized spacial score (nSPS) is 16.5. The summed E-state index contributed by atoms with van der Waals surface area (Å²) >= 11 is 5.57. The summed E-state index contributed by atoms with van der Waals surface area (Å²) in [5, 5.41) is 7.00. The van der Waals surface area contributed by atoms with Crippen LogP contribution in [0, 0.1) is 0 Å². The summed E-state index contributed by atoms with van der Waals surface area (Å²) in [6.45, 7) is 4.37. The molecule has 3 N–H and O–H groups in total. The lowest BCUT2D eigenvalue weighted by Crippen LogP contribution is -2.32. The number of alkyl halides is 3. The average Bonchev–Trinajstić information content (AvgIpc) is 2.77. The number of urea groups is 1. The highest BCUT2D eigenvalue weighted by Crippen LogP contribution is 2.31. The molecule has 0 spiro atoms. The van der Waals surface area contributed by atoms with E-state index < -0.39 is 28.9 Å². The van der Waals surface area contributed by atoms with Gasteiger partial charge in [-0.15, -0.1) is 0 Å². The van der Waals surface area contributed by atoms with E-state index in [1.54, 1.807) is 30.3 Å². The number of carbonyl (C=O) groups is 2. The Morgan fingerprint density at radius 3 is 2.52 bits per heavy atom. The summed E-state index contributed by atoms with van der Waals surface area (Å²) in [6.07, 6.45) is 1.08. The third kappa shape index (κ3) is 8.15. The summed E-state index contributed by atoms with van der Waals surface area (Å²) in [5.41, 5.74) is -0.466. The van der Waals surface area contributed by atoms with Crippen LogP contribution in [0.1, 0.15) is 13.3 Å². The van der Waals surface area contributed by atoms with E-state index in [1.165, 1.54) is 26.3 Å². The van der Waals surface area contributed by atoms with E-state index in [-0.39, 0.29) is 11.6 Å². The Balaban J connectivity index is 1.90. The highest BCUT2D eigenvalue weighted by molar-refractivity contribution is 6.32. The molecule has 176 valence electrons. The van der Waals surface area contributed by atoms with E-state index in [0.29, 0.717) is 23.6 Å². The molecule has 1 atom stereocenters. The van der Waals surface area contributed by atoms with Crippen LogP contribution < -0.4 is 20.7 Å². The van der Waals surface area contributed by atoms with Crippen LogP contribution in [0.25, 0.3) is 0 Å². The number of rotatable bonds is 7. The number of dihydropyridines is 1. The molecule has 1 aliphatic heterocycles. The van der Waals surface area contributed by atoms with Gasteiger partial charge in [0.15, 0.2) is 0 Å². The Morgan fingerprint density at radius 1 is 1.24 bits per heavy atom. The fourth-order valence-electron chi connectivity index (χ4n) is 2.52. The van der Waals surface area contributed by atoms with Crippen LogP contribution in [-0.2, 0) is 4.79 Å². The molecule has 0 radical (unpaired) electrons.